The van der Waals surface area contributed by atoms with Gasteiger partial charge in [0.1, 0.15) is 16.5 Å². The number of hydrogen-bond acceptors (Lipinski definition) is 6. The van der Waals surface area contributed by atoms with E-state index in [2.05, 4.69) is 42.9 Å². The molecular formula is C21H23N3O2S. The molecule has 5 nitrogen and oxygen atoms in total. The summed E-state index contributed by atoms with van der Waals surface area (Å²) in [5.74, 6) is 1.75. The van der Waals surface area contributed by atoms with Crippen LogP contribution in [0.4, 0.5) is 5.95 Å². The Morgan fingerprint density at radius 2 is 1.59 bits per heavy atom. The number of nitrogens with zero attached hydrogens (tertiary/aromatic N) is 2. The average Bonchev–Trinajstić information content (AvgIpc) is 2.60. The zero-order valence-electron chi connectivity index (χ0n) is 16.2. The second-order valence-corrected chi connectivity index (χ2v) is 7.40. The van der Waals surface area contributed by atoms with Gasteiger partial charge in [-0.1, -0.05) is 29.5 Å². The molecule has 0 aliphatic rings. The first kappa shape index (κ1) is 19.0. The van der Waals surface area contributed by atoms with Gasteiger partial charge in [0.05, 0.1) is 24.8 Å². The van der Waals surface area contributed by atoms with Crippen LogP contribution in [0.3, 0.4) is 0 Å². The first-order chi connectivity index (χ1) is 12.9. The number of anilines is 1. The van der Waals surface area contributed by atoms with Gasteiger partial charge in [-0.3, -0.25) is 0 Å². The van der Waals surface area contributed by atoms with Crippen LogP contribution in [0.1, 0.15) is 16.7 Å². The zero-order chi connectivity index (χ0) is 19.6. The summed E-state index contributed by atoms with van der Waals surface area (Å²) >= 11 is 1.47. The molecule has 140 valence electrons. The molecule has 6 heteroatoms. The summed E-state index contributed by atoms with van der Waals surface area (Å²) in [4.78, 5) is 9.77. The van der Waals surface area contributed by atoms with Crippen molar-refractivity contribution in [1.82, 2.24) is 9.97 Å². The number of methoxy groups -OCH3 is 2. The first-order valence-electron chi connectivity index (χ1n) is 8.54. The molecule has 0 saturated carbocycles. The van der Waals surface area contributed by atoms with E-state index in [9.17, 15) is 0 Å². The predicted molar refractivity (Wildman–Crippen MR) is 110 cm³/mol. The minimum absolute atomic E-state index is 0.247. The molecule has 0 aliphatic heterocycles. The van der Waals surface area contributed by atoms with Crippen LogP contribution in [-0.4, -0.2) is 24.2 Å². The molecule has 2 aromatic carbocycles. The summed E-state index contributed by atoms with van der Waals surface area (Å²) in [5.41, 5.74) is 11.5. The van der Waals surface area contributed by atoms with Gasteiger partial charge in [-0.15, -0.1) is 0 Å². The highest BCUT2D eigenvalue weighted by Crippen LogP contribution is 2.38. The molecule has 2 N–H and O–H groups in total. The lowest BCUT2D eigenvalue weighted by Crippen LogP contribution is -2.00. The molecule has 0 saturated heterocycles. The maximum absolute atomic E-state index is 6.02. The van der Waals surface area contributed by atoms with Crippen molar-refractivity contribution >= 4 is 17.7 Å². The smallest absolute Gasteiger partial charge is 0.221 e. The monoisotopic (exact) mass is 381 g/mol. The summed E-state index contributed by atoms with van der Waals surface area (Å²) in [6.45, 7) is 6.27. The van der Waals surface area contributed by atoms with Gasteiger partial charge in [-0.2, -0.15) is 0 Å². The van der Waals surface area contributed by atoms with Crippen LogP contribution in [0.5, 0.6) is 11.5 Å². The van der Waals surface area contributed by atoms with Gasteiger partial charge in [0.2, 0.25) is 5.95 Å². The van der Waals surface area contributed by atoms with Crippen molar-refractivity contribution in [3.8, 4) is 22.8 Å². The Balaban J connectivity index is 2.05. The fraction of sp³-hybridized carbons (Fsp3) is 0.238. The van der Waals surface area contributed by atoms with Gasteiger partial charge in [0, 0.05) is 5.56 Å². The molecule has 0 amide bonds. The van der Waals surface area contributed by atoms with Crippen molar-refractivity contribution in [2.24, 2.45) is 0 Å². The molecule has 27 heavy (non-hydrogen) atoms. The molecule has 0 unspecified atom stereocenters. The first-order valence-corrected chi connectivity index (χ1v) is 9.35. The maximum Gasteiger partial charge on any atom is 0.221 e. The molecule has 1 aromatic heterocycles. The van der Waals surface area contributed by atoms with E-state index in [1.54, 1.807) is 14.2 Å². The normalized spacial score (nSPS) is 10.7. The number of aromatic nitrogens is 2. The quantitative estimate of drug-likeness (QED) is 0.639. The van der Waals surface area contributed by atoms with E-state index in [0.717, 1.165) is 32.7 Å². The SMILES string of the molecule is COc1ccc(OC)c(Sc2cc(-c3c(C)cc(C)cc3C)nc(N)n2)c1. The molecule has 0 bridgehead atoms. The zero-order valence-corrected chi connectivity index (χ0v) is 17.0. The topological polar surface area (TPSA) is 70.3 Å². The summed E-state index contributed by atoms with van der Waals surface area (Å²) in [6, 6.07) is 11.9. The molecular weight excluding hydrogens is 358 g/mol. The Labute approximate surface area is 163 Å². The van der Waals surface area contributed by atoms with E-state index >= 15 is 0 Å². The number of ether oxygens (including phenoxy) is 2. The standard InChI is InChI=1S/C21H23N3O2S/c1-12-8-13(2)20(14(3)9-12)16-11-19(24-21(22)23-16)27-18-10-15(25-4)6-7-17(18)26-5/h6-11H,1-5H3,(H2,22,23,24). The van der Waals surface area contributed by atoms with E-state index in [1.165, 1.54) is 28.5 Å². The van der Waals surface area contributed by atoms with Crippen LogP contribution < -0.4 is 15.2 Å². The number of nitrogen functional groups attached to an aromatic ring is 1. The largest absolute Gasteiger partial charge is 0.497 e. The highest BCUT2D eigenvalue weighted by Gasteiger charge is 2.14. The Hall–Kier alpha value is -2.73. The lowest BCUT2D eigenvalue weighted by Gasteiger charge is -2.13. The molecule has 1 heterocycles. The third-order valence-electron chi connectivity index (χ3n) is 4.24. The lowest BCUT2D eigenvalue weighted by atomic mass is 9.97. The number of nitrogens with two attached hydrogens (primary N) is 1. The molecule has 0 aliphatic carbocycles. The third-order valence-corrected chi connectivity index (χ3v) is 5.20. The lowest BCUT2D eigenvalue weighted by molar-refractivity contribution is 0.394. The van der Waals surface area contributed by atoms with Crippen molar-refractivity contribution in [2.45, 2.75) is 30.7 Å². The van der Waals surface area contributed by atoms with E-state index in [0.29, 0.717) is 0 Å². The van der Waals surface area contributed by atoms with Crippen molar-refractivity contribution < 1.29 is 9.47 Å². The van der Waals surface area contributed by atoms with Crippen LogP contribution in [0.2, 0.25) is 0 Å². The fourth-order valence-corrected chi connectivity index (χ4v) is 4.15. The van der Waals surface area contributed by atoms with Crippen molar-refractivity contribution in [3.05, 3.63) is 53.1 Å². The Morgan fingerprint density at radius 3 is 2.22 bits per heavy atom. The van der Waals surface area contributed by atoms with Gasteiger partial charge in [-0.05, 0) is 56.2 Å². The van der Waals surface area contributed by atoms with E-state index in [4.69, 9.17) is 15.2 Å². The second kappa shape index (κ2) is 7.88. The maximum atomic E-state index is 6.02. The third kappa shape index (κ3) is 4.17. The molecule has 3 aromatic rings. The number of hydrogen-bond donors (Lipinski definition) is 1. The van der Waals surface area contributed by atoms with Gasteiger partial charge in [-0.25, -0.2) is 9.97 Å². The number of benzene rings is 2. The van der Waals surface area contributed by atoms with Crippen LogP contribution in [0.25, 0.3) is 11.3 Å². The summed E-state index contributed by atoms with van der Waals surface area (Å²) in [5, 5.41) is 0.753. The second-order valence-electron chi connectivity index (χ2n) is 6.34. The van der Waals surface area contributed by atoms with Crippen LogP contribution in [0, 0.1) is 20.8 Å². The van der Waals surface area contributed by atoms with Crippen molar-refractivity contribution in [2.75, 3.05) is 20.0 Å². The Morgan fingerprint density at radius 1 is 0.889 bits per heavy atom. The van der Waals surface area contributed by atoms with E-state index in [-0.39, 0.29) is 5.95 Å². The van der Waals surface area contributed by atoms with Gasteiger partial charge in [0.15, 0.2) is 0 Å². The molecule has 0 fully saturated rings. The molecule has 3 rings (SSSR count). The summed E-state index contributed by atoms with van der Waals surface area (Å²) in [7, 11) is 3.28. The van der Waals surface area contributed by atoms with Gasteiger partial charge < -0.3 is 15.2 Å². The Bertz CT molecular complexity index is 966. The fourth-order valence-electron chi connectivity index (χ4n) is 3.18. The molecule has 0 spiro atoms. The summed E-state index contributed by atoms with van der Waals surface area (Å²) < 4.78 is 10.8. The average molecular weight is 382 g/mol. The number of aryl methyl sites for hydroxylation is 3. The van der Waals surface area contributed by atoms with E-state index in [1.807, 2.05) is 24.3 Å². The van der Waals surface area contributed by atoms with Crippen LogP contribution in [-0.2, 0) is 0 Å². The van der Waals surface area contributed by atoms with Crippen molar-refractivity contribution in [3.63, 3.8) is 0 Å². The summed E-state index contributed by atoms with van der Waals surface area (Å²) in [6.07, 6.45) is 0. The molecule has 0 radical (unpaired) electrons. The van der Waals surface area contributed by atoms with Gasteiger partial charge in [0.25, 0.3) is 0 Å². The molecule has 0 atom stereocenters. The van der Waals surface area contributed by atoms with Crippen molar-refractivity contribution in [1.29, 1.82) is 0 Å². The van der Waals surface area contributed by atoms with Gasteiger partial charge >= 0.3 is 0 Å². The number of rotatable bonds is 5. The highest BCUT2D eigenvalue weighted by atomic mass is 32.2. The minimum atomic E-state index is 0.247. The van der Waals surface area contributed by atoms with Crippen LogP contribution in [0.15, 0.2) is 46.3 Å². The van der Waals surface area contributed by atoms with Crippen LogP contribution >= 0.6 is 11.8 Å². The Kier molecular flexibility index (Phi) is 5.56. The highest BCUT2D eigenvalue weighted by molar-refractivity contribution is 7.99. The minimum Gasteiger partial charge on any atom is -0.497 e. The predicted octanol–water partition coefficient (Wildman–Crippen LogP) is 4.82. The van der Waals surface area contributed by atoms with E-state index < -0.39 is 0 Å².